The van der Waals surface area contributed by atoms with Crippen LogP contribution in [0.1, 0.15) is 52.0 Å². The molecule has 1 aromatic heterocycles. The topological polar surface area (TPSA) is 76.1 Å². The van der Waals surface area contributed by atoms with Crippen LogP contribution < -0.4 is 5.32 Å². The third-order valence-electron chi connectivity index (χ3n) is 6.51. The van der Waals surface area contributed by atoms with Crippen molar-refractivity contribution in [2.24, 2.45) is 0 Å². The normalized spacial score (nSPS) is 18.0. The molecule has 0 saturated carbocycles. The number of sulfone groups is 1. The molecule has 172 valence electrons. The molecule has 6 heteroatoms. The molecule has 1 saturated heterocycles. The number of nitrogens with zero attached hydrogens (tertiary/aromatic N) is 1. The first-order chi connectivity index (χ1) is 15.8. The highest BCUT2D eigenvalue weighted by Crippen LogP contribution is 2.39. The molecule has 1 fully saturated rings. The number of pyridine rings is 1. The smallest absolute Gasteiger partial charge is 0.163 e. The lowest BCUT2D eigenvalue weighted by Crippen LogP contribution is -2.55. The third kappa shape index (κ3) is 4.92. The number of aryl methyl sites for hydroxylation is 3. The van der Waals surface area contributed by atoms with Crippen molar-refractivity contribution in [2.75, 3.05) is 12.8 Å². The van der Waals surface area contributed by atoms with Gasteiger partial charge in [0.25, 0.3) is 0 Å². The summed E-state index contributed by atoms with van der Waals surface area (Å²) in [5, 5.41) is 2.41. The molecule has 2 heterocycles. The zero-order valence-corrected chi connectivity index (χ0v) is 20.2. The Balaban J connectivity index is 1.76. The average molecular weight is 463 g/mol. The van der Waals surface area contributed by atoms with Gasteiger partial charge in [-0.05, 0) is 59.7 Å². The summed E-state index contributed by atoms with van der Waals surface area (Å²) in [7, 11) is -3.27. The van der Waals surface area contributed by atoms with E-state index >= 15 is 0 Å². The minimum Gasteiger partial charge on any atom is -0.300 e. The predicted octanol–water partition coefficient (Wildman–Crippen LogP) is 4.49. The van der Waals surface area contributed by atoms with Gasteiger partial charge in [-0.2, -0.15) is 0 Å². The molecular formula is C27H30N2O3S. The van der Waals surface area contributed by atoms with E-state index < -0.39 is 15.2 Å². The lowest BCUT2D eigenvalue weighted by Gasteiger charge is -2.38. The summed E-state index contributed by atoms with van der Waals surface area (Å²) in [6.07, 6.45) is 4.87. The molecular weight excluding hydrogens is 432 g/mol. The van der Waals surface area contributed by atoms with Crippen molar-refractivity contribution in [1.82, 2.24) is 10.3 Å². The molecule has 0 aliphatic carbocycles. The number of nitrogens with one attached hydrogen (secondary N) is 1. The maximum atomic E-state index is 13.5. The first-order valence-electron chi connectivity index (χ1n) is 11.4. The van der Waals surface area contributed by atoms with Crippen LogP contribution in [0.5, 0.6) is 0 Å². The molecule has 2 aromatic carbocycles. The van der Waals surface area contributed by atoms with Gasteiger partial charge in [0.05, 0.1) is 0 Å². The average Bonchev–Trinajstić information content (AvgIpc) is 2.76. The van der Waals surface area contributed by atoms with Gasteiger partial charge < -0.3 is 0 Å². The van der Waals surface area contributed by atoms with Gasteiger partial charge in [0.1, 0.15) is 5.37 Å². The molecule has 3 aromatic rings. The van der Waals surface area contributed by atoms with Gasteiger partial charge in [-0.1, -0.05) is 49.4 Å². The number of Topliss-reactive ketones (excluding diaryl/α,β-unsaturated/α-hetero) is 1. The number of hydrogen-bond acceptors (Lipinski definition) is 5. The van der Waals surface area contributed by atoms with E-state index in [2.05, 4.69) is 29.4 Å². The summed E-state index contributed by atoms with van der Waals surface area (Å²) >= 11 is 0. The largest absolute Gasteiger partial charge is 0.300 e. The lowest BCUT2D eigenvalue weighted by atomic mass is 9.82. The van der Waals surface area contributed by atoms with Crippen molar-refractivity contribution in [2.45, 2.75) is 44.4 Å². The molecule has 2 unspecified atom stereocenters. The monoisotopic (exact) mass is 462 g/mol. The summed E-state index contributed by atoms with van der Waals surface area (Å²) in [5.74, 6) is -0.134. The van der Waals surface area contributed by atoms with Crippen LogP contribution in [0.2, 0.25) is 0 Å². The Morgan fingerprint density at radius 3 is 2.58 bits per heavy atom. The quantitative estimate of drug-likeness (QED) is 0.499. The number of hydrogen-bond donors (Lipinski definition) is 1. The maximum absolute atomic E-state index is 13.5. The summed E-state index contributed by atoms with van der Waals surface area (Å²) in [6, 6.07) is 17.8. The van der Waals surface area contributed by atoms with Crippen LogP contribution in [0.4, 0.5) is 0 Å². The Morgan fingerprint density at radius 2 is 1.91 bits per heavy atom. The fraction of sp³-hybridized carbons (Fsp3) is 0.333. The van der Waals surface area contributed by atoms with Crippen molar-refractivity contribution >= 4 is 15.6 Å². The van der Waals surface area contributed by atoms with E-state index in [9.17, 15) is 13.2 Å². The molecule has 1 aliphatic heterocycles. The van der Waals surface area contributed by atoms with Crippen molar-refractivity contribution in [3.05, 3.63) is 88.7 Å². The SMILES string of the molecule is CCc1cc(-c2c(C(=O)CCc3ccccc3C)cccc2C2CNC2S(C)(=O)=O)ccn1. The standard InChI is InChI=1S/C27H30N2O3S/c1-4-21-16-20(14-15-28-21)26-22(24-17-29-27(24)33(3,31)32)10-7-11-23(26)25(30)13-12-19-9-6-5-8-18(19)2/h5-11,14-16,24,27,29H,4,12-13,17H2,1-3H3. The van der Waals surface area contributed by atoms with Gasteiger partial charge in [-0.25, -0.2) is 8.42 Å². The Kier molecular flexibility index (Phi) is 6.77. The second-order valence-corrected chi connectivity index (χ2v) is 10.9. The van der Waals surface area contributed by atoms with Gasteiger partial charge >= 0.3 is 0 Å². The van der Waals surface area contributed by atoms with Crippen molar-refractivity contribution in [1.29, 1.82) is 0 Å². The number of aromatic nitrogens is 1. The fourth-order valence-electron chi connectivity index (χ4n) is 4.59. The lowest BCUT2D eigenvalue weighted by molar-refractivity contribution is 0.0983. The molecule has 5 nitrogen and oxygen atoms in total. The first-order valence-corrected chi connectivity index (χ1v) is 13.3. The van der Waals surface area contributed by atoms with Crippen LogP contribution >= 0.6 is 0 Å². The minimum atomic E-state index is -3.27. The van der Waals surface area contributed by atoms with E-state index in [1.54, 1.807) is 6.20 Å². The van der Waals surface area contributed by atoms with Gasteiger partial charge in [-0.15, -0.1) is 0 Å². The van der Waals surface area contributed by atoms with Crippen LogP contribution in [0.15, 0.2) is 60.8 Å². The molecule has 0 radical (unpaired) electrons. The number of benzene rings is 2. The van der Waals surface area contributed by atoms with E-state index in [-0.39, 0.29) is 11.7 Å². The Bertz CT molecular complexity index is 1280. The highest BCUT2D eigenvalue weighted by atomic mass is 32.2. The van der Waals surface area contributed by atoms with E-state index in [1.165, 1.54) is 17.4 Å². The Hall–Kier alpha value is -2.83. The van der Waals surface area contributed by atoms with Crippen molar-refractivity contribution in [3.63, 3.8) is 0 Å². The maximum Gasteiger partial charge on any atom is 0.163 e. The summed E-state index contributed by atoms with van der Waals surface area (Å²) in [4.78, 5) is 17.9. The van der Waals surface area contributed by atoms with Gasteiger partial charge in [0.15, 0.2) is 15.6 Å². The molecule has 0 amide bonds. The summed E-state index contributed by atoms with van der Waals surface area (Å²) in [6.45, 7) is 4.67. The molecule has 33 heavy (non-hydrogen) atoms. The first kappa shape index (κ1) is 23.3. The van der Waals surface area contributed by atoms with E-state index in [0.29, 0.717) is 24.9 Å². The van der Waals surface area contributed by atoms with Crippen LogP contribution in [0, 0.1) is 6.92 Å². The Morgan fingerprint density at radius 1 is 1.12 bits per heavy atom. The van der Waals surface area contributed by atoms with Gasteiger partial charge in [0.2, 0.25) is 0 Å². The van der Waals surface area contributed by atoms with E-state index in [1.807, 2.05) is 49.4 Å². The molecule has 4 rings (SSSR count). The molecule has 0 spiro atoms. The molecule has 2 atom stereocenters. The highest BCUT2D eigenvalue weighted by molar-refractivity contribution is 7.91. The van der Waals surface area contributed by atoms with Crippen LogP contribution in [0.3, 0.4) is 0 Å². The van der Waals surface area contributed by atoms with Crippen LogP contribution in [-0.4, -0.2) is 37.4 Å². The number of ketones is 1. The number of carbonyl (C=O) groups is 1. The number of carbonyl (C=O) groups excluding carboxylic acids is 1. The molecule has 1 aliphatic rings. The van der Waals surface area contributed by atoms with Crippen LogP contribution in [0.25, 0.3) is 11.1 Å². The zero-order chi connectivity index (χ0) is 23.6. The Labute approximate surface area is 196 Å². The van der Waals surface area contributed by atoms with Crippen LogP contribution in [-0.2, 0) is 22.7 Å². The fourth-order valence-corrected chi connectivity index (χ4v) is 5.83. The summed E-state index contributed by atoms with van der Waals surface area (Å²) in [5.41, 5.74) is 6.58. The zero-order valence-electron chi connectivity index (χ0n) is 19.3. The number of rotatable bonds is 8. The molecule has 0 bridgehead atoms. The highest BCUT2D eigenvalue weighted by Gasteiger charge is 2.40. The second-order valence-electron chi connectivity index (χ2n) is 8.77. The summed E-state index contributed by atoms with van der Waals surface area (Å²) < 4.78 is 24.6. The van der Waals surface area contributed by atoms with Gasteiger partial charge in [0, 0.05) is 42.6 Å². The van der Waals surface area contributed by atoms with Crippen molar-refractivity contribution < 1.29 is 13.2 Å². The van der Waals surface area contributed by atoms with E-state index in [4.69, 9.17) is 0 Å². The molecule has 1 N–H and O–H groups in total. The second kappa shape index (κ2) is 9.57. The van der Waals surface area contributed by atoms with Gasteiger partial charge in [-0.3, -0.25) is 15.1 Å². The third-order valence-corrected chi connectivity index (χ3v) is 7.93. The minimum absolute atomic E-state index is 0.0631. The predicted molar refractivity (Wildman–Crippen MR) is 132 cm³/mol. The van der Waals surface area contributed by atoms with Crippen molar-refractivity contribution in [3.8, 4) is 11.1 Å². The van der Waals surface area contributed by atoms with E-state index in [0.717, 1.165) is 28.8 Å².